The van der Waals surface area contributed by atoms with Gasteiger partial charge in [0.15, 0.2) is 0 Å². The quantitative estimate of drug-likeness (QED) is 0.704. The van der Waals surface area contributed by atoms with E-state index in [-0.39, 0.29) is 24.6 Å². The summed E-state index contributed by atoms with van der Waals surface area (Å²) >= 11 is 0. The number of amides is 1. The lowest BCUT2D eigenvalue weighted by Crippen LogP contribution is -2.42. The third kappa shape index (κ3) is 5.72. The summed E-state index contributed by atoms with van der Waals surface area (Å²) < 4.78 is 77.6. The number of rotatable bonds is 5. The van der Waals surface area contributed by atoms with Crippen LogP contribution < -0.4 is 5.32 Å². The average molecular weight is 419 g/mol. The van der Waals surface area contributed by atoms with Gasteiger partial charge >= 0.3 is 18.3 Å². The van der Waals surface area contributed by atoms with Gasteiger partial charge in [0, 0.05) is 12.0 Å². The van der Waals surface area contributed by atoms with E-state index in [1.807, 2.05) is 5.32 Å². The summed E-state index contributed by atoms with van der Waals surface area (Å²) in [4.78, 5) is 23.7. The van der Waals surface area contributed by atoms with E-state index in [4.69, 9.17) is 0 Å². The van der Waals surface area contributed by atoms with E-state index in [9.17, 15) is 41.0 Å². The first kappa shape index (κ1) is 22.3. The molecule has 4 nitrogen and oxygen atoms in total. The summed E-state index contributed by atoms with van der Waals surface area (Å²) in [5, 5.41) is 11.3. The molecule has 0 bridgehead atoms. The Morgan fingerprint density at radius 3 is 1.93 bits per heavy atom. The molecular weight excluding hydrogens is 404 g/mol. The highest BCUT2D eigenvalue weighted by Gasteiger charge is 2.37. The van der Waals surface area contributed by atoms with Crippen LogP contribution >= 0.6 is 0 Å². The molecule has 0 aliphatic carbocycles. The van der Waals surface area contributed by atoms with E-state index in [1.54, 1.807) is 31.2 Å². The molecule has 156 valence electrons. The molecular formula is C19H15F6NO3. The minimum absolute atomic E-state index is 0.112. The van der Waals surface area contributed by atoms with Gasteiger partial charge in [-0.1, -0.05) is 24.3 Å². The first-order valence-electron chi connectivity index (χ1n) is 8.16. The number of hydrogen-bond donors (Lipinski definition) is 2. The summed E-state index contributed by atoms with van der Waals surface area (Å²) in [6.07, 6.45) is -10.4. The highest BCUT2D eigenvalue weighted by Crippen LogP contribution is 2.36. The molecule has 10 heteroatoms. The fraction of sp³-hybridized carbons (Fsp3) is 0.263. The van der Waals surface area contributed by atoms with Crippen molar-refractivity contribution >= 4 is 11.9 Å². The number of hydrogen-bond acceptors (Lipinski definition) is 2. The van der Waals surface area contributed by atoms with Gasteiger partial charge in [-0.3, -0.25) is 4.79 Å². The lowest BCUT2D eigenvalue weighted by molar-refractivity contribution is -0.143. The highest BCUT2D eigenvalue weighted by atomic mass is 19.4. The van der Waals surface area contributed by atoms with Crippen LogP contribution in [0, 0.1) is 6.92 Å². The van der Waals surface area contributed by atoms with Crippen molar-refractivity contribution in [3.05, 3.63) is 70.3 Å². The Balaban J connectivity index is 2.36. The van der Waals surface area contributed by atoms with Gasteiger partial charge in [0.2, 0.25) is 0 Å². The smallest absolute Gasteiger partial charge is 0.416 e. The van der Waals surface area contributed by atoms with Gasteiger partial charge in [0.05, 0.1) is 11.1 Å². The van der Waals surface area contributed by atoms with Crippen LogP contribution in [0.1, 0.15) is 32.6 Å². The Morgan fingerprint density at radius 2 is 1.48 bits per heavy atom. The average Bonchev–Trinajstić information content (AvgIpc) is 2.60. The SMILES string of the molecule is Cc1ccccc1C[C@H](NC(=O)c1cc(C(F)(F)F)cc(C(F)(F)F)c1)C(=O)O. The van der Waals surface area contributed by atoms with Crippen LogP contribution in [-0.2, 0) is 23.6 Å². The molecule has 0 saturated carbocycles. The maximum absolute atomic E-state index is 12.9. The van der Waals surface area contributed by atoms with Crippen LogP contribution in [0.15, 0.2) is 42.5 Å². The van der Waals surface area contributed by atoms with Crippen molar-refractivity contribution in [2.45, 2.75) is 31.7 Å². The van der Waals surface area contributed by atoms with Crippen molar-refractivity contribution in [1.29, 1.82) is 0 Å². The lowest BCUT2D eigenvalue weighted by Gasteiger charge is -2.18. The normalized spacial score (nSPS) is 13.1. The Hall–Kier alpha value is -3.04. The molecule has 2 rings (SSSR count). The molecule has 0 saturated heterocycles. The minimum Gasteiger partial charge on any atom is -0.480 e. The summed E-state index contributed by atoms with van der Waals surface area (Å²) in [6.45, 7) is 1.69. The molecule has 0 radical (unpaired) electrons. The maximum atomic E-state index is 12.9. The zero-order valence-electron chi connectivity index (χ0n) is 14.9. The van der Waals surface area contributed by atoms with E-state index >= 15 is 0 Å². The van der Waals surface area contributed by atoms with Gasteiger partial charge in [-0.25, -0.2) is 4.79 Å². The van der Waals surface area contributed by atoms with E-state index in [1.165, 1.54) is 0 Å². The van der Waals surface area contributed by atoms with Crippen molar-refractivity contribution in [1.82, 2.24) is 5.32 Å². The molecule has 2 aromatic rings. The number of alkyl halides is 6. The molecule has 1 atom stereocenters. The molecule has 29 heavy (non-hydrogen) atoms. The molecule has 0 unspecified atom stereocenters. The van der Waals surface area contributed by atoms with Gasteiger partial charge in [-0.15, -0.1) is 0 Å². The van der Waals surface area contributed by atoms with Gasteiger partial charge in [-0.2, -0.15) is 26.3 Å². The number of carboxylic acids is 1. The Morgan fingerprint density at radius 1 is 0.966 bits per heavy atom. The Labute approximate surface area is 161 Å². The molecule has 0 aromatic heterocycles. The van der Waals surface area contributed by atoms with E-state index < -0.39 is 47.0 Å². The van der Waals surface area contributed by atoms with Gasteiger partial charge in [-0.05, 0) is 36.2 Å². The van der Waals surface area contributed by atoms with Crippen LogP contribution in [0.4, 0.5) is 26.3 Å². The van der Waals surface area contributed by atoms with Gasteiger partial charge < -0.3 is 10.4 Å². The van der Waals surface area contributed by atoms with Crippen molar-refractivity contribution in [2.75, 3.05) is 0 Å². The standard InChI is InChI=1S/C19H15F6NO3/c1-10-4-2-3-5-11(10)8-15(17(28)29)26-16(27)12-6-13(18(20,21)22)9-14(7-12)19(23,24)25/h2-7,9,15H,8H2,1H3,(H,26,27)(H,28,29)/t15-/m0/s1. The molecule has 2 N–H and O–H groups in total. The molecule has 1 amide bonds. The molecule has 2 aromatic carbocycles. The van der Waals surface area contributed by atoms with Gasteiger partial charge in [0.25, 0.3) is 5.91 Å². The topological polar surface area (TPSA) is 66.4 Å². The minimum atomic E-state index is -5.12. The molecule has 0 spiro atoms. The zero-order chi connectivity index (χ0) is 22.0. The number of carbonyl (C=O) groups is 2. The second-order valence-corrected chi connectivity index (χ2v) is 6.29. The predicted molar refractivity (Wildman–Crippen MR) is 90.2 cm³/mol. The Bertz CT molecular complexity index is 889. The van der Waals surface area contributed by atoms with Crippen molar-refractivity contribution < 1.29 is 41.0 Å². The van der Waals surface area contributed by atoms with Crippen LogP contribution in [0.3, 0.4) is 0 Å². The van der Waals surface area contributed by atoms with Crippen LogP contribution in [0.25, 0.3) is 0 Å². The molecule has 0 aliphatic heterocycles. The number of carboxylic acid groups (broad SMARTS) is 1. The zero-order valence-corrected chi connectivity index (χ0v) is 14.9. The monoisotopic (exact) mass is 419 g/mol. The van der Waals surface area contributed by atoms with E-state index in [0.717, 1.165) is 0 Å². The highest BCUT2D eigenvalue weighted by molar-refractivity contribution is 5.97. The van der Waals surface area contributed by atoms with Crippen LogP contribution in [0.5, 0.6) is 0 Å². The number of carbonyl (C=O) groups excluding carboxylic acids is 1. The van der Waals surface area contributed by atoms with Gasteiger partial charge in [0.1, 0.15) is 6.04 Å². The van der Waals surface area contributed by atoms with Crippen molar-refractivity contribution in [2.24, 2.45) is 0 Å². The molecule has 0 aliphatic rings. The second kappa shape index (κ2) is 8.14. The van der Waals surface area contributed by atoms with Crippen molar-refractivity contribution in [3.8, 4) is 0 Å². The predicted octanol–water partition coefficient (Wildman–Crippen LogP) is 4.46. The maximum Gasteiger partial charge on any atom is 0.416 e. The number of aryl methyl sites for hydroxylation is 1. The first-order chi connectivity index (χ1) is 13.3. The summed E-state index contributed by atoms with van der Waals surface area (Å²) in [6, 6.07) is 5.46. The number of nitrogens with one attached hydrogen (secondary N) is 1. The van der Waals surface area contributed by atoms with Crippen LogP contribution in [-0.4, -0.2) is 23.0 Å². The van der Waals surface area contributed by atoms with Crippen LogP contribution in [0.2, 0.25) is 0 Å². The number of aliphatic carboxylic acids is 1. The molecule has 0 heterocycles. The molecule has 0 fully saturated rings. The summed E-state index contributed by atoms with van der Waals surface area (Å²) in [5.74, 6) is -2.84. The lowest BCUT2D eigenvalue weighted by atomic mass is 10.00. The fourth-order valence-electron chi connectivity index (χ4n) is 2.59. The van der Waals surface area contributed by atoms with E-state index in [0.29, 0.717) is 11.1 Å². The number of halogens is 6. The van der Waals surface area contributed by atoms with Crippen molar-refractivity contribution in [3.63, 3.8) is 0 Å². The number of benzene rings is 2. The van der Waals surface area contributed by atoms with E-state index in [2.05, 4.69) is 0 Å². The Kier molecular flexibility index (Phi) is 6.24. The second-order valence-electron chi connectivity index (χ2n) is 6.29. The third-order valence-corrected chi connectivity index (χ3v) is 4.14. The summed E-state index contributed by atoms with van der Waals surface area (Å²) in [5.41, 5.74) is -3.00. The first-order valence-corrected chi connectivity index (χ1v) is 8.16. The third-order valence-electron chi connectivity index (χ3n) is 4.14. The summed E-state index contributed by atoms with van der Waals surface area (Å²) in [7, 11) is 0. The largest absolute Gasteiger partial charge is 0.480 e. The fourth-order valence-corrected chi connectivity index (χ4v) is 2.59.